The minimum absolute atomic E-state index is 0.105. The molecule has 0 aromatic heterocycles. The van der Waals surface area contributed by atoms with E-state index >= 15 is 0 Å². The summed E-state index contributed by atoms with van der Waals surface area (Å²) in [7, 11) is 0. The Hall–Kier alpha value is -2.40. The predicted octanol–water partition coefficient (Wildman–Crippen LogP) is 2.76. The molecule has 2 amide bonds. The van der Waals surface area contributed by atoms with Gasteiger partial charge in [0.2, 0.25) is 5.91 Å². The maximum atomic E-state index is 13.6. The Labute approximate surface area is 125 Å². The van der Waals surface area contributed by atoms with Crippen molar-refractivity contribution in [1.82, 2.24) is 0 Å². The highest BCUT2D eigenvalue weighted by molar-refractivity contribution is 6.31. The monoisotopic (exact) mass is 306 g/mol. The molecule has 108 valence electrons. The fourth-order valence-electron chi connectivity index (χ4n) is 1.86. The molecule has 0 spiro atoms. The van der Waals surface area contributed by atoms with Gasteiger partial charge in [0.05, 0.1) is 17.7 Å². The lowest BCUT2D eigenvalue weighted by molar-refractivity contribution is -0.115. The molecule has 0 saturated carbocycles. The van der Waals surface area contributed by atoms with Crippen LogP contribution in [-0.4, -0.2) is 11.8 Å². The number of carbonyl (C=O) groups is 2. The number of rotatable bonds is 4. The summed E-state index contributed by atoms with van der Waals surface area (Å²) in [5.41, 5.74) is 5.79. The Morgan fingerprint density at radius 3 is 2.52 bits per heavy atom. The molecular formula is C15H12ClFN2O2. The number of halogens is 2. The van der Waals surface area contributed by atoms with E-state index in [9.17, 15) is 14.0 Å². The SMILES string of the molecule is NC(=O)c1ccccc1NC(=O)Cc1c(F)cccc1Cl. The Balaban J connectivity index is 2.18. The van der Waals surface area contributed by atoms with E-state index in [2.05, 4.69) is 5.32 Å². The quantitative estimate of drug-likeness (QED) is 0.911. The van der Waals surface area contributed by atoms with Crippen LogP contribution in [0, 0.1) is 5.82 Å². The van der Waals surface area contributed by atoms with Gasteiger partial charge in [0.15, 0.2) is 0 Å². The summed E-state index contributed by atoms with van der Waals surface area (Å²) in [6, 6.07) is 10.5. The van der Waals surface area contributed by atoms with E-state index in [0.717, 1.165) is 0 Å². The molecule has 21 heavy (non-hydrogen) atoms. The van der Waals surface area contributed by atoms with Crippen LogP contribution in [0.3, 0.4) is 0 Å². The number of primary amides is 1. The molecule has 0 bridgehead atoms. The molecular weight excluding hydrogens is 295 g/mol. The fourth-order valence-corrected chi connectivity index (χ4v) is 2.09. The molecule has 2 aromatic rings. The second-order valence-corrected chi connectivity index (χ2v) is 4.74. The summed E-state index contributed by atoms with van der Waals surface area (Å²) in [4.78, 5) is 23.2. The van der Waals surface area contributed by atoms with E-state index in [1.54, 1.807) is 18.2 Å². The van der Waals surface area contributed by atoms with Gasteiger partial charge in [-0.2, -0.15) is 0 Å². The maximum Gasteiger partial charge on any atom is 0.250 e. The number of hydrogen-bond acceptors (Lipinski definition) is 2. The summed E-state index contributed by atoms with van der Waals surface area (Å²) in [5, 5.41) is 2.70. The van der Waals surface area contributed by atoms with E-state index in [4.69, 9.17) is 17.3 Å². The largest absolute Gasteiger partial charge is 0.366 e. The number of hydrogen-bond donors (Lipinski definition) is 2. The molecule has 0 aliphatic heterocycles. The fraction of sp³-hybridized carbons (Fsp3) is 0.0667. The molecule has 0 atom stereocenters. The number of carbonyl (C=O) groups excluding carboxylic acids is 2. The van der Waals surface area contributed by atoms with Gasteiger partial charge in [-0.3, -0.25) is 9.59 Å². The van der Waals surface area contributed by atoms with Crippen molar-refractivity contribution < 1.29 is 14.0 Å². The average molecular weight is 307 g/mol. The Morgan fingerprint density at radius 2 is 1.86 bits per heavy atom. The lowest BCUT2D eigenvalue weighted by Crippen LogP contribution is -2.20. The van der Waals surface area contributed by atoms with E-state index in [0.29, 0.717) is 0 Å². The third kappa shape index (κ3) is 3.58. The summed E-state index contributed by atoms with van der Waals surface area (Å²) in [6.45, 7) is 0. The molecule has 0 aliphatic rings. The minimum atomic E-state index is -0.658. The molecule has 4 nitrogen and oxygen atoms in total. The van der Waals surface area contributed by atoms with Crippen molar-refractivity contribution in [3.63, 3.8) is 0 Å². The summed E-state index contributed by atoms with van der Waals surface area (Å²) in [6.07, 6.45) is -0.237. The molecule has 3 N–H and O–H groups in total. The summed E-state index contributed by atoms with van der Waals surface area (Å²) in [5.74, 6) is -1.70. The van der Waals surface area contributed by atoms with Crippen molar-refractivity contribution in [2.75, 3.05) is 5.32 Å². The van der Waals surface area contributed by atoms with E-state index < -0.39 is 17.6 Å². The maximum absolute atomic E-state index is 13.6. The van der Waals surface area contributed by atoms with Gasteiger partial charge in [0.1, 0.15) is 5.82 Å². The second-order valence-electron chi connectivity index (χ2n) is 4.33. The van der Waals surface area contributed by atoms with E-state index in [1.807, 2.05) is 0 Å². The zero-order valence-electron chi connectivity index (χ0n) is 10.9. The van der Waals surface area contributed by atoms with E-state index in [-0.39, 0.29) is 28.3 Å². The van der Waals surface area contributed by atoms with Crippen LogP contribution in [0.4, 0.5) is 10.1 Å². The van der Waals surface area contributed by atoms with Crippen LogP contribution < -0.4 is 11.1 Å². The topological polar surface area (TPSA) is 72.2 Å². The highest BCUT2D eigenvalue weighted by Crippen LogP contribution is 2.20. The first kappa shape index (κ1) is 15.0. The van der Waals surface area contributed by atoms with Crippen LogP contribution in [0.2, 0.25) is 5.02 Å². The summed E-state index contributed by atoms with van der Waals surface area (Å²) < 4.78 is 13.6. The van der Waals surface area contributed by atoms with Crippen molar-refractivity contribution in [2.24, 2.45) is 5.73 Å². The minimum Gasteiger partial charge on any atom is -0.366 e. The number of nitrogens with one attached hydrogen (secondary N) is 1. The normalized spacial score (nSPS) is 10.2. The molecule has 2 aromatic carbocycles. The molecule has 0 saturated heterocycles. The zero-order valence-corrected chi connectivity index (χ0v) is 11.7. The Bertz CT molecular complexity index is 684. The van der Waals surface area contributed by atoms with Crippen molar-refractivity contribution >= 4 is 29.1 Å². The van der Waals surface area contributed by atoms with Crippen LogP contribution in [0.1, 0.15) is 15.9 Å². The van der Waals surface area contributed by atoms with Gasteiger partial charge in [-0.05, 0) is 24.3 Å². The molecule has 6 heteroatoms. The van der Waals surface area contributed by atoms with Crippen molar-refractivity contribution in [3.8, 4) is 0 Å². The van der Waals surface area contributed by atoms with Crippen LogP contribution in [0.5, 0.6) is 0 Å². The van der Waals surface area contributed by atoms with Gasteiger partial charge in [0.25, 0.3) is 5.91 Å². The van der Waals surface area contributed by atoms with Crippen molar-refractivity contribution in [1.29, 1.82) is 0 Å². The first-order valence-electron chi connectivity index (χ1n) is 6.10. The van der Waals surface area contributed by atoms with Crippen molar-refractivity contribution in [3.05, 3.63) is 64.4 Å². The summed E-state index contributed by atoms with van der Waals surface area (Å²) >= 11 is 5.86. The van der Waals surface area contributed by atoms with E-state index in [1.165, 1.54) is 24.3 Å². The third-order valence-electron chi connectivity index (χ3n) is 2.87. The Kier molecular flexibility index (Phi) is 4.55. The molecule has 2 rings (SSSR count). The smallest absolute Gasteiger partial charge is 0.250 e. The number of anilines is 1. The number of nitrogens with two attached hydrogens (primary N) is 1. The van der Waals surface area contributed by atoms with Crippen LogP contribution >= 0.6 is 11.6 Å². The highest BCUT2D eigenvalue weighted by atomic mass is 35.5. The third-order valence-corrected chi connectivity index (χ3v) is 3.22. The van der Waals surface area contributed by atoms with Crippen molar-refractivity contribution in [2.45, 2.75) is 6.42 Å². The van der Waals surface area contributed by atoms with Crippen LogP contribution in [0.25, 0.3) is 0 Å². The van der Waals surface area contributed by atoms with Gasteiger partial charge >= 0.3 is 0 Å². The Morgan fingerprint density at radius 1 is 1.14 bits per heavy atom. The predicted molar refractivity (Wildman–Crippen MR) is 78.7 cm³/mol. The van der Waals surface area contributed by atoms with Gasteiger partial charge in [-0.15, -0.1) is 0 Å². The lowest BCUT2D eigenvalue weighted by atomic mass is 10.1. The number of amides is 2. The molecule has 0 heterocycles. The number of para-hydroxylation sites is 1. The molecule has 0 unspecified atom stereocenters. The lowest BCUT2D eigenvalue weighted by Gasteiger charge is -2.10. The highest BCUT2D eigenvalue weighted by Gasteiger charge is 2.14. The standard InChI is InChI=1S/C15H12ClFN2O2/c16-11-5-3-6-12(17)10(11)8-14(20)19-13-7-2-1-4-9(13)15(18)21/h1-7H,8H2,(H2,18,21)(H,19,20). The van der Waals surface area contributed by atoms with Crippen LogP contribution in [0.15, 0.2) is 42.5 Å². The van der Waals surface area contributed by atoms with Gasteiger partial charge in [-0.1, -0.05) is 29.8 Å². The van der Waals surface area contributed by atoms with Gasteiger partial charge < -0.3 is 11.1 Å². The molecule has 0 radical (unpaired) electrons. The average Bonchev–Trinajstić information content (AvgIpc) is 2.43. The van der Waals surface area contributed by atoms with Gasteiger partial charge in [-0.25, -0.2) is 4.39 Å². The first-order chi connectivity index (χ1) is 9.99. The second kappa shape index (κ2) is 6.37. The molecule has 0 aliphatic carbocycles. The van der Waals surface area contributed by atoms with Crippen LogP contribution in [-0.2, 0) is 11.2 Å². The first-order valence-corrected chi connectivity index (χ1v) is 6.48. The molecule has 0 fully saturated rings. The van der Waals surface area contributed by atoms with Gasteiger partial charge in [0, 0.05) is 10.6 Å². The zero-order chi connectivity index (χ0) is 15.4. The number of benzene rings is 2.